The zero-order chi connectivity index (χ0) is 27.4. The van der Waals surface area contributed by atoms with Gasteiger partial charge in [0.15, 0.2) is 0 Å². The molecule has 11 heteroatoms. The van der Waals surface area contributed by atoms with Crippen molar-refractivity contribution in [2.75, 3.05) is 26.2 Å². The third-order valence-electron chi connectivity index (χ3n) is 5.55. The fourth-order valence-electron chi connectivity index (χ4n) is 4.22. The van der Waals surface area contributed by atoms with E-state index in [9.17, 15) is 32.7 Å². The first-order valence-electron chi connectivity index (χ1n) is 11.6. The maximum absolute atomic E-state index is 13.1. The van der Waals surface area contributed by atoms with E-state index in [4.69, 9.17) is 9.47 Å². The van der Waals surface area contributed by atoms with E-state index in [1.165, 1.54) is 0 Å². The number of rotatable bonds is 9. The van der Waals surface area contributed by atoms with Crippen molar-refractivity contribution in [3.63, 3.8) is 0 Å². The Morgan fingerprint density at radius 1 is 1.00 bits per heavy atom. The highest BCUT2D eigenvalue weighted by Crippen LogP contribution is 2.44. The number of ether oxygens (including phenoxy) is 2. The highest BCUT2D eigenvalue weighted by atomic mass is 19.4. The first kappa shape index (κ1) is 28.0. The van der Waals surface area contributed by atoms with E-state index in [0.717, 1.165) is 22.3 Å². The first-order chi connectivity index (χ1) is 17.2. The first-order valence-corrected chi connectivity index (χ1v) is 11.6. The van der Waals surface area contributed by atoms with Crippen molar-refractivity contribution in [1.82, 2.24) is 10.2 Å². The van der Waals surface area contributed by atoms with Gasteiger partial charge in [0.1, 0.15) is 18.2 Å². The number of alkyl halides is 3. The molecule has 2 aromatic carbocycles. The number of carbonyl (C=O) groups excluding carboxylic acids is 2. The Labute approximate surface area is 212 Å². The number of hydrogen-bond donors (Lipinski definition) is 2. The van der Waals surface area contributed by atoms with Crippen LogP contribution in [0.25, 0.3) is 11.1 Å². The molecule has 0 bridgehead atoms. The Balaban J connectivity index is 1.66. The summed E-state index contributed by atoms with van der Waals surface area (Å²) >= 11 is 0. The van der Waals surface area contributed by atoms with Crippen LogP contribution in [0.1, 0.15) is 37.8 Å². The Bertz CT molecular complexity index is 1100. The standard InChI is InChI=1S/C26H29F3N2O6/c1-25(2,3)37-22(32)13-31(15-26(27,28)29)12-21(23(33)34)30-24(35)36-14-20-18-10-6-4-8-16(18)17-9-5-7-11-19(17)20/h4-11,20-21H,12-15H2,1-3H3,(H,30,35)(H,33,34)/t21-/m0/s1. The van der Waals surface area contributed by atoms with Crippen molar-refractivity contribution in [3.8, 4) is 11.1 Å². The molecule has 1 aliphatic rings. The topological polar surface area (TPSA) is 105 Å². The molecule has 3 rings (SSSR count). The van der Waals surface area contributed by atoms with Gasteiger partial charge in [-0.25, -0.2) is 9.59 Å². The number of amides is 1. The average Bonchev–Trinajstić information content (AvgIpc) is 3.08. The third-order valence-corrected chi connectivity index (χ3v) is 5.55. The fraction of sp³-hybridized carbons (Fsp3) is 0.423. The average molecular weight is 523 g/mol. The van der Waals surface area contributed by atoms with Crippen LogP contribution in [0.15, 0.2) is 48.5 Å². The molecule has 0 aromatic heterocycles. The third kappa shape index (κ3) is 7.94. The van der Waals surface area contributed by atoms with E-state index in [0.29, 0.717) is 4.90 Å². The number of carbonyl (C=O) groups is 3. The van der Waals surface area contributed by atoms with Crippen LogP contribution in [0.2, 0.25) is 0 Å². The minimum absolute atomic E-state index is 0.101. The Kier molecular flexibility index (Phi) is 8.47. The number of nitrogens with one attached hydrogen (secondary N) is 1. The molecule has 2 aromatic rings. The lowest BCUT2D eigenvalue weighted by Crippen LogP contribution is -2.52. The van der Waals surface area contributed by atoms with E-state index < -0.39 is 55.5 Å². The second-order valence-electron chi connectivity index (χ2n) is 9.73. The number of alkyl carbamates (subject to hydrolysis) is 1. The number of benzene rings is 2. The van der Waals surface area contributed by atoms with Gasteiger partial charge in [0.2, 0.25) is 0 Å². The lowest BCUT2D eigenvalue weighted by molar-refractivity contribution is -0.166. The van der Waals surface area contributed by atoms with Crippen LogP contribution < -0.4 is 5.32 Å². The molecule has 0 saturated heterocycles. The Hall–Kier alpha value is -3.60. The summed E-state index contributed by atoms with van der Waals surface area (Å²) in [5, 5.41) is 11.6. The van der Waals surface area contributed by atoms with Gasteiger partial charge in [-0.1, -0.05) is 48.5 Å². The molecule has 0 unspecified atom stereocenters. The summed E-state index contributed by atoms with van der Waals surface area (Å²) in [6, 6.07) is 13.5. The zero-order valence-corrected chi connectivity index (χ0v) is 20.7. The van der Waals surface area contributed by atoms with Crippen molar-refractivity contribution in [2.45, 2.75) is 44.5 Å². The molecule has 2 N–H and O–H groups in total. The number of carboxylic acids is 1. The number of hydrogen-bond acceptors (Lipinski definition) is 6. The summed E-state index contributed by atoms with van der Waals surface area (Å²) in [6.45, 7) is 1.39. The smallest absolute Gasteiger partial charge is 0.407 e. The lowest BCUT2D eigenvalue weighted by atomic mass is 9.98. The predicted octanol–water partition coefficient (Wildman–Crippen LogP) is 4.18. The van der Waals surface area contributed by atoms with E-state index >= 15 is 0 Å². The summed E-state index contributed by atoms with van der Waals surface area (Å²) in [6.07, 6.45) is -5.81. The highest BCUT2D eigenvalue weighted by Gasteiger charge is 2.35. The van der Waals surface area contributed by atoms with Crippen molar-refractivity contribution < 1.29 is 42.1 Å². The van der Waals surface area contributed by atoms with Crippen LogP contribution in [0.4, 0.5) is 18.0 Å². The lowest BCUT2D eigenvalue weighted by Gasteiger charge is -2.28. The summed E-state index contributed by atoms with van der Waals surface area (Å²) in [4.78, 5) is 36.9. The molecule has 0 spiro atoms. The van der Waals surface area contributed by atoms with Gasteiger partial charge >= 0.3 is 24.2 Å². The molecular formula is C26H29F3N2O6. The van der Waals surface area contributed by atoms with Gasteiger partial charge in [-0.15, -0.1) is 0 Å². The number of halogens is 3. The summed E-state index contributed by atoms with van der Waals surface area (Å²) in [5.41, 5.74) is 2.95. The fourth-order valence-corrected chi connectivity index (χ4v) is 4.22. The molecule has 0 radical (unpaired) electrons. The molecule has 0 aliphatic heterocycles. The summed E-state index contributed by atoms with van der Waals surface area (Å²) in [7, 11) is 0. The second-order valence-corrected chi connectivity index (χ2v) is 9.73. The van der Waals surface area contributed by atoms with Crippen LogP contribution in [-0.4, -0.2) is 72.1 Å². The number of nitrogens with zero attached hydrogens (tertiary/aromatic N) is 1. The van der Waals surface area contributed by atoms with Crippen molar-refractivity contribution in [2.24, 2.45) is 0 Å². The van der Waals surface area contributed by atoms with Crippen LogP contribution in [0.3, 0.4) is 0 Å². The van der Waals surface area contributed by atoms with E-state index in [1.54, 1.807) is 20.8 Å². The van der Waals surface area contributed by atoms with Gasteiger partial charge in [0.25, 0.3) is 0 Å². The maximum atomic E-state index is 13.1. The molecule has 1 aliphatic carbocycles. The molecular weight excluding hydrogens is 493 g/mol. The number of esters is 1. The van der Waals surface area contributed by atoms with E-state index in [-0.39, 0.29) is 12.5 Å². The molecule has 37 heavy (non-hydrogen) atoms. The van der Waals surface area contributed by atoms with Gasteiger partial charge < -0.3 is 19.9 Å². The molecule has 1 atom stereocenters. The normalized spacial score (nSPS) is 14.0. The number of fused-ring (bicyclic) bond motifs is 3. The molecule has 0 saturated carbocycles. The van der Waals surface area contributed by atoms with Gasteiger partial charge in [0.05, 0.1) is 13.1 Å². The van der Waals surface area contributed by atoms with E-state index in [1.807, 2.05) is 48.5 Å². The SMILES string of the molecule is CC(C)(C)OC(=O)CN(C[C@H](NC(=O)OCC1c2ccccc2-c2ccccc21)C(=O)O)CC(F)(F)F. The number of aliphatic carboxylic acids is 1. The van der Waals surface area contributed by atoms with E-state index in [2.05, 4.69) is 5.32 Å². The quantitative estimate of drug-likeness (QED) is 0.476. The predicted molar refractivity (Wildman–Crippen MR) is 128 cm³/mol. The van der Waals surface area contributed by atoms with Crippen LogP contribution >= 0.6 is 0 Å². The number of carboxylic acid groups (broad SMARTS) is 1. The molecule has 200 valence electrons. The van der Waals surface area contributed by atoms with Crippen molar-refractivity contribution in [1.29, 1.82) is 0 Å². The Morgan fingerprint density at radius 2 is 1.54 bits per heavy atom. The minimum atomic E-state index is -4.71. The maximum Gasteiger partial charge on any atom is 0.407 e. The van der Waals surface area contributed by atoms with Crippen molar-refractivity contribution in [3.05, 3.63) is 59.7 Å². The Morgan fingerprint density at radius 3 is 2.03 bits per heavy atom. The van der Waals surface area contributed by atoms with Gasteiger partial charge in [-0.3, -0.25) is 9.69 Å². The van der Waals surface area contributed by atoms with Crippen LogP contribution in [0, 0.1) is 0 Å². The molecule has 0 heterocycles. The largest absolute Gasteiger partial charge is 0.480 e. The van der Waals surface area contributed by atoms with Crippen LogP contribution in [0.5, 0.6) is 0 Å². The summed E-state index contributed by atoms with van der Waals surface area (Å²) < 4.78 is 49.6. The van der Waals surface area contributed by atoms with Gasteiger partial charge in [-0.05, 0) is 43.0 Å². The van der Waals surface area contributed by atoms with Crippen LogP contribution in [-0.2, 0) is 19.1 Å². The molecule has 0 fully saturated rings. The minimum Gasteiger partial charge on any atom is -0.480 e. The zero-order valence-electron chi connectivity index (χ0n) is 20.7. The second kappa shape index (κ2) is 11.2. The molecule has 1 amide bonds. The monoisotopic (exact) mass is 522 g/mol. The summed E-state index contributed by atoms with van der Waals surface area (Å²) in [5.74, 6) is -2.82. The van der Waals surface area contributed by atoms with Crippen molar-refractivity contribution >= 4 is 18.0 Å². The molecule has 8 nitrogen and oxygen atoms in total. The highest BCUT2D eigenvalue weighted by molar-refractivity contribution is 5.81. The van der Waals surface area contributed by atoms with Gasteiger partial charge in [-0.2, -0.15) is 13.2 Å². The van der Waals surface area contributed by atoms with Gasteiger partial charge in [0, 0.05) is 12.5 Å².